The molecule has 3 heterocycles. The fourth-order valence-corrected chi connectivity index (χ4v) is 7.58. The Morgan fingerprint density at radius 2 is 2.00 bits per heavy atom. The number of nitrogens with zero attached hydrogens (tertiary/aromatic N) is 2. The van der Waals surface area contributed by atoms with E-state index in [2.05, 4.69) is 5.32 Å². The second kappa shape index (κ2) is 9.10. The van der Waals surface area contributed by atoms with E-state index < -0.39 is 16.1 Å². The summed E-state index contributed by atoms with van der Waals surface area (Å²) in [5, 5.41) is 15.3. The normalized spacial score (nSPS) is 18.6. The van der Waals surface area contributed by atoms with Gasteiger partial charge < -0.3 is 15.3 Å². The van der Waals surface area contributed by atoms with Crippen LogP contribution in [0, 0.1) is 0 Å². The number of sulfonamides is 1. The fraction of sp³-hybridized carbons (Fsp3) is 0.333. The first kappa shape index (κ1) is 23.0. The summed E-state index contributed by atoms with van der Waals surface area (Å²) >= 11 is 1.15. The topological polar surface area (TPSA) is 107 Å². The van der Waals surface area contributed by atoms with Gasteiger partial charge in [-0.25, -0.2) is 8.42 Å². The Hall–Kier alpha value is -2.79. The molecule has 1 saturated heterocycles. The number of aliphatic hydroxyl groups excluding tert-OH is 1. The Kier molecular flexibility index (Phi) is 6.15. The summed E-state index contributed by atoms with van der Waals surface area (Å²) in [6, 6.07) is 11.4. The van der Waals surface area contributed by atoms with Gasteiger partial charge in [0.1, 0.15) is 10.3 Å². The van der Waals surface area contributed by atoms with Crippen LogP contribution < -0.4 is 10.2 Å². The zero-order chi connectivity index (χ0) is 23.9. The van der Waals surface area contributed by atoms with Gasteiger partial charge in [-0.1, -0.05) is 24.6 Å². The average molecular weight is 500 g/mol. The zero-order valence-electron chi connectivity index (χ0n) is 18.4. The van der Waals surface area contributed by atoms with Crippen LogP contribution in [0.3, 0.4) is 0 Å². The molecule has 0 aliphatic carbocycles. The minimum absolute atomic E-state index is 0.0102. The molecule has 1 atom stereocenters. The first-order valence-electron chi connectivity index (χ1n) is 11.3. The lowest BCUT2D eigenvalue weighted by Crippen LogP contribution is -2.49. The number of hydrogen-bond donors (Lipinski definition) is 2. The van der Waals surface area contributed by atoms with Crippen molar-refractivity contribution in [3.63, 3.8) is 0 Å². The maximum Gasteiger partial charge on any atom is 0.258 e. The summed E-state index contributed by atoms with van der Waals surface area (Å²) in [6.07, 6.45) is 2.40. The SMILES string of the molecule is O=C(Nc1ccc2c3c(cccc13)C(=O)N2CCCO)C1CCCCN1S(=O)(=O)c1cccs1. The Bertz CT molecular complexity index is 1350. The quantitative estimate of drug-likeness (QED) is 0.518. The van der Waals surface area contributed by atoms with E-state index in [1.165, 1.54) is 4.31 Å². The van der Waals surface area contributed by atoms with E-state index in [9.17, 15) is 23.1 Å². The molecule has 0 spiro atoms. The van der Waals surface area contributed by atoms with Gasteiger partial charge in [-0.3, -0.25) is 9.59 Å². The number of amides is 2. The highest BCUT2D eigenvalue weighted by Gasteiger charge is 2.38. The van der Waals surface area contributed by atoms with Gasteiger partial charge >= 0.3 is 0 Å². The predicted molar refractivity (Wildman–Crippen MR) is 132 cm³/mol. The van der Waals surface area contributed by atoms with Crippen LogP contribution in [0.25, 0.3) is 10.8 Å². The molecule has 1 aromatic heterocycles. The summed E-state index contributed by atoms with van der Waals surface area (Å²) < 4.78 is 27.9. The lowest BCUT2D eigenvalue weighted by atomic mass is 10.0. The second-order valence-corrected chi connectivity index (χ2v) is 11.5. The molecule has 0 saturated carbocycles. The first-order chi connectivity index (χ1) is 16.4. The summed E-state index contributed by atoms with van der Waals surface area (Å²) in [4.78, 5) is 27.9. The van der Waals surface area contributed by atoms with Gasteiger partial charge in [0, 0.05) is 41.7 Å². The average Bonchev–Trinajstić information content (AvgIpc) is 3.48. The van der Waals surface area contributed by atoms with Crippen molar-refractivity contribution in [1.29, 1.82) is 0 Å². The maximum atomic E-state index is 13.4. The molecule has 2 amide bonds. The summed E-state index contributed by atoms with van der Waals surface area (Å²) in [6.45, 7) is 0.697. The summed E-state index contributed by atoms with van der Waals surface area (Å²) in [5.74, 6) is -0.500. The van der Waals surface area contributed by atoms with Crippen molar-refractivity contribution < 1.29 is 23.1 Å². The van der Waals surface area contributed by atoms with Gasteiger partial charge in [0.15, 0.2) is 0 Å². The molecule has 10 heteroatoms. The molecule has 0 bridgehead atoms. The van der Waals surface area contributed by atoms with Gasteiger partial charge in [-0.15, -0.1) is 11.3 Å². The van der Waals surface area contributed by atoms with Crippen molar-refractivity contribution >= 4 is 55.3 Å². The summed E-state index contributed by atoms with van der Waals surface area (Å²) in [7, 11) is -3.76. The van der Waals surface area contributed by atoms with Crippen LogP contribution in [-0.2, 0) is 14.8 Å². The highest BCUT2D eigenvalue weighted by molar-refractivity contribution is 7.91. The van der Waals surface area contributed by atoms with E-state index in [0.29, 0.717) is 43.6 Å². The molecule has 2 aromatic carbocycles. The van der Waals surface area contributed by atoms with E-state index in [4.69, 9.17) is 0 Å². The number of nitrogens with one attached hydrogen (secondary N) is 1. The van der Waals surface area contributed by atoms with Crippen molar-refractivity contribution in [2.75, 3.05) is 29.9 Å². The fourth-order valence-electron chi connectivity index (χ4n) is 4.80. The smallest absolute Gasteiger partial charge is 0.258 e. The molecule has 0 radical (unpaired) electrons. The van der Waals surface area contributed by atoms with Gasteiger partial charge in [0.25, 0.3) is 15.9 Å². The number of thiophene rings is 1. The number of hydrogen-bond acceptors (Lipinski definition) is 6. The third-order valence-corrected chi connectivity index (χ3v) is 9.68. The van der Waals surface area contributed by atoms with Crippen molar-refractivity contribution in [3.8, 4) is 0 Å². The Morgan fingerprint density at radius 1 is 1.15 bits per heavy atom. The molecule has 3 aromatic rings. The van der Waals surface area contributed by atoms with Crippen LogP contribution in [0.15, 0.2) is 52.1 Å². The highest BCUT2D eigenvalue weighted by atomic mass is 32.2. The molecule has 5 rings (SSSR count). The number of piperidine rings is 1. The van der Waals surface area contributed by atoms with Crippen LogP contribution in [0.5, 0.6) is 0 Å². The third-order valence-electron chi connectivity index (χ3n) is 6.40. The number of rotatable bonds is 7. The molecular weight excluding hydrogens is 474 g/mol. The maximum absolute atomic E-state index is 13.4. The van der Waals surface area contributed by atoms with Gasteiger partial charge in [-0.05, 0) is 48.9 Å². The van der Waals surface area contributed by atoms with Crippen molar-refractivity contribution in [2.24, 2.45) is 0 Å². The molecule has 1 unspecified atom stereocenters. The van der Waals surface area contributed by atoms with Crippen LogP contribution in [0.2, 0.25) is 0 Å². The molecular formula is C24H25N3O5S2. The van der Waals surface area contributed by atoms with Crippen LogP contribution in [0.4, 0.5) is 11.4 Å². The lowest BCUT2D eigenvalue weighted by Gasteiger charge is -2.33. The van der Waals surface area contributed by atoms with Crippen molar-refractivity contribution in [3.05, 3.63) is 53.4 Å². The zero-order valence-corrected chi connectivity index (χ0v) is 20.1. The van der Waals surface area contributed by atoms with Gasteiger partial charge in [-0.2, -0.15) is 4.31 Å². The van der Waals surface area contributed by atoms with Crippen LogP contribution >= 0.6 is 11.3 Å². The molecule has 34 heavy (non-hydrogen) atoms. The minimum atomic E-state index is -3.76. The van der Waals surface area contributed by atoms with E-state index >= 15 is 0 Å². The van der Waals surface area contributed by atoms with E-state index in [1.807, 2.05) is 6.07 Å². The number of carbonyl (C=O) groups is 2. The van der Waals surface area contributed by atoms with E-state index in [0.717, 1.165) is 34.2 Å². The standard InChI is InChI=1S/C24H25N3O5S2/c28-14-5-12-26-19-11-10-18(16-6-3-7-17(22(16)19)24(26)30)25-23(29)20-8-1-2-13-27(20)34(31,32)21-9-4-15-33-21/h3-4,6-7,9-11,15,20,28H,1-2,5,8,12-14H2,(H,25,29). The second-order valence-electron chi connectivity index (χ2n) is 8.44. The summed E-state index contributed by atoms with van der Waals surface area (Å²) in [5.41, 5.74) is 1.85. The molecule has 2 aliphatic heterocycles. The highest BCUT2D eigenvalue weighted by Crippen LogP contribution is 2.41. The van der Waals surface area contributed by atoms with Gasteiger partial charge in [0.2, 0.25) is 5.91 Å². The Balaban J connectivity index is 1.46. The van der Waals surface area contributed by atoms with Crippen molar-refractivity contribution in [2.45, 2.75) is 35.9 Å². The number of anilines is 2. The van der Waals surface area contributed by atoms with Gasteiger partial charge in [0.05, 0.1) is 5.69 Å². The minimum Gasteiger partial charge on any atom is -0.396 e. The van der Waals surface area contributed by atoms with E-state index in [1.54, 1.807) is 46.7 Å². The number of aliphatic hydroxyl groups is 1. The van der Waals surface area contributed by atoms with Crippen molar-refractivity contribution in [1.82, 2.24) is 4.31 Å². The van der Waals surface area contributed by atoms with Crippen LogP contribution in [-0.4, -0.2) is 55.4 Å². The van der Waals surface area contributed by atoms with E-state index in [-0.39, 0.29) is 22.6 Å². The molecule has 8 nitrogen and oxygen atoms in total. The molecule has 2 N–H and O–H groups in total. The first-order valence-corrected chi connectivity index (χ1v) is 13.6. The Morgan fingerprint density at radius 3 is 2.76 bits per heavy atom. The Labute approximate surface area is 201 Å². The third kappa shape index (κ3) is 3.80. The molecule has 178 valence electrons. The number of carbonyl (C=O) groups excluding carboxylic acids is 2. The largest absolute Gasteiger partial charge is 0.396 e. The predicted octanol–water partition coefficient (Wildman–Crippen LogP) is 3.43. The molecule has 1 fully saturated rings. The van der Waals surface area contributed by atoms with Crippen LogP contribution in [0.1, 0.15) is 36.0 Å². The number of benzene rings is 2. The lowest BCUT2D eigenvalue weighted by molar-refractivity contribution is -0.120. The monoisotopic (exact) mass is 499 g/mol. The molecule has 2 aliphatic rings.